The van der Waals surface area contributed by atoms with E-state index in [-0.39, 0.29) is 45.6 Å². The van der Waals surface area contributed by atoms with E-state index in [1.54, 1.807) is 6.07 Å². The minimum atomic E-state index is -4.43. The summed E-state index contributed by atoms with van der Waals surface area (Å²) in [6.45, 7) is 7.04. The van der Waals surface area contributed by atoms with Gasteiger partial charge < -0.3 is 24.4 Å². The Morgan fingerprint density at radius 3 is 2.16 bits per heavy atom. The first kappa shape index (κ1) is 35.5. The number of nitrogens with one attached hydrogen (secondary N) is 1. The van der Waals surface area contributed by atoms with Crippen LogP contribution in [0.4, 0.5) is 5.69 Å². The summed E-state index contributed by atoms with van der Waals surface area (Å²) in [6, 6.07) is 15.3. The maximum atomic E-state index is 14.4. The Morgan fingerprint density at radius 2 is 1.56 bits per heavy atom. The van der Waals surface area contributed by atoms with Gasteiger partial charge in [-0.15, -0.1) is 0 Å². The second-order valence-electron chi connectivity index (χ2n) is 10.6. The average molecular weight is 660 g/mol. The quantitative estimate of drug-likeness (QED) is 0.226. The molecular formula is C33H42ClN3O7S. The van der Waals surface area contributed by atoms with Crippen molar-refractivity contribution in [1.29, 1.82) is 0 Å². The summed E-state index contributed by atoms with van der Waals surface area (Å²) in [7, 11) is -0.199. The van der Waals surface area contributed by atoms with Crippen LogP contribution in [-0.2, 0) is 26.2 Å². The lowest BCUT2D eigenvalue weighted by Crippen LogP contribution is -2.53. The molecule has 0 fully saturated rings. The molecule has 0 aliphatic rings. The van der Waals surface area contributed by atoms with Gasteiger partial charge in [0.15, 0.2) is 11.5 Å². The SMILES string of the molecule is CC[C@@H](C)NC(=O)[C@H](CC)N(Cc1cccc(C)c1)C(=O)CN(c1cc(Cl)ccc1OC)S(=O)(=O)c1ccc(OC)c(OC)c1. The number of amides is 2. The molecule has 12 heteroatoms. The first-order valence-corrected chi connectivity index (χ1v) is 16.5. The molecule has 0 bridgehead atoms. The number of nitrogens with zero attached hydrogens (tertiary/aromatic N) is 2. The fourth-order valence-electron chi connectivity index (χ4n) is 4.84. The lowest BCUT2D eigenvalue weighted by Gasteiger charge is -2.34. The van der Waals surface area contributed by atoms with Crippen LogP contribution in [0.3, 0.4) is 0 Å². The number of methoxy groups -OCH3 is 3. The molecule has 2 amide bonds. The van der Waals surface area contributed by atoms with E-state index in [0.29, 0.717) is 18.6 Å². The predicted molar refractivity (Wildman–Crippen MR) is 176 cm³/mol. The number of hydrogen-bond acceptors (Lipinski definition) is 7. The number of benzene rings is 3. The number of anilines is 1. The molecule has 3 rings (SSSR count). The third-order valence-electron chi connectivity index (χ3n) is 7.45. The van der Waals surface area contributed by atoms with Crippen LogP contribution in [0, 0.1) is 6.92 Å². The molecule has 3 aromatic carbocycles. The number of sulfonamides is 1. The summed E-state index contributed by atoms with van der Waals surface area (Å²) in [5.41, 5.74) is 1.84. The van der Waals surface area contributed by atoms with Crippen LogP contribution in [0.1, 0.15) is 44.7 Å². The van der Waals surface area contributed by atoms with Gasteiger partial charge in [-0.1, -0.05) is 55.3 Å². The number of carbonyl (C=O) groups is 2. The molecule has 0 heterocycles. The molecule has 0 saturated heterocycles. The topological polar surface area (TPSA) is 114 Å². The van der Waals surface area contributed by atoms with E-state index < -0.39 is 28.5 Å². The van der Waals surface area contributed by atoms with E-state index in [2.05, 4.69) is 5.32 Å². The van der Waals surface area contributed by atoms with Crippen molar-refractivity contribution in [2.24, 2.45) is 0 Å². The summed E-state index contributed by atoms with van der Waals surface area (Å²) in [4.78, 5) is 29.2. The molecule has 45 heavy (non-hydrogen) atoms. The first-order valence-electron chi connectivity index (χ1n) is 14.6. The zero-order valence-corrected chi connectivity index (χ0v) is 28.4. The van der Waals surface area contributed by atoms with Gasteiger partial charge in [-0.05, 0) is 62.6 Å². The van der Waals surface area contributed by atoms with Gasteiger partial charge in [-0.2, -0.15) is 0 Å². The second kappa shape index (κ2) is 15.9. The molecule has 244 valence electrons. The fraction of sp³-hybridized carbons (Fsp3) is 0.394. The Bertz CT molecular complexity index is 1600. The first-order chi connectivity index (χ1) is 21.4. The molecular weight excluding hydrogens is 618 g/mol. The summed E-state index contributed by atoms with van der Waals surface area (Å²) < 4.78 is 45.9. The van der Waals surface area contributed by atoms with E-state index in [0.717, 1.165) is 15.4 Å². The Labute approximate surface area is 271 Å². The lowest BCUT2D eigenvalue weighted by molar-refractivity contribution is -0.140. The molecule has 0 aromatic heterocycles. The van der Waals surface area contributed by atoms with Crippen molar-refractivity contribution < 1.29 is 32.2 Å². The largest absolute Gasteiger partial charge is 0.495 e. The molecule has 0 unspecified atom stereocenters. The molecule has 0 aliphatic heterocycles. The van der Waals surface area contributed by atoms with Gasteiger partial charge in [0.05, 0.1) is 31.9 Å². The van der Waals surface area contributed by atoms with Crippen molar-refractivity contribution in [3.63, 3.8) is 0 Å². The van der Waals surface area contributed by atoms with Crippen molar-refractivity contribution in [1.82, 2.24) is 10.2 Å². The highest BCUT2D eigenvalue weighted by molar-refractivity contribution is 7.92. The summed E-state index contributed by atoms with van der Waals surface area (Å²) in [6.07, 6.45) is 1.02. The molecule has 2 atom stereocenters. The number of ether oxygens (including phenoxy) is 3. The molecule has 3 aromatic rings. The van der Waals surface area contributed by atoms with Gasteiger partial charge in [0.2, 0.25) is 11.8 Å². The van der Waals surface area contributed by atoms with Crippen molar-refractivity contribution >= 4 is 39.1 Å². The van der Waals surface area contributed by atoms with Crippen LogP contribution < -0.4 is 23.8 Å². The number of carbonyl (C=O) groups excluding carboxylic acids is 2. The van der Waals surface area contributed by atoms with E-state index in [1.807, 2.05) is 52.0 Å². The minimum absolute atomic E-state index is 0.0562. The third kappa shape index (κ3) is 8.61. The van der Waals surface area contributed by atoms with Crippen molar-refractivity contribution in [3.8, 4) is 17.2 Å². The lowest BCUT2D eigenvalue weighted by atomic mass is 10.1. The average Bonchev–Trinajstić information content (AvgIpc) is 3.02. The van der Waals surface area contributed by atoms with E-state index in [1.165, 1.54) is 56.6 Å². The van der Waals surface area contributed by atoms with Crippen LogP contribution >= 0.6 is 11.6 Å². The highest BCUT2D eigenvalue weighted by atomic mass is 35.5. The molecule has 0 spiro atoms. The maximum absolute atomic E-state index is 14.4. The summed E-state index contributed by atoms with van der Waals surface area (Å²) >= 11 is 6.34. The van der Waals surface area contributed by atoms with E-state index in [4.69, 9.17) is 25.8 Å². The Morgan fingerprint density at radius 1 is 0.889 bits per heavy atom. The second-order valence-corrected chi connectivity index (χ2v) is 12.9. The summed E-state index contributed by atoms with van der Waals surface area (Å²) in [5, 5.41) is 3.21. The van der Waals surface area contributed by atoms with Gasteiger partial charge in [-0.3, -0.25) is 13.9 Å². The Balaban J connectivity index is 2.18. The van der Waals surface area contributed by atoms with E-state index >= 15 is 0 Å². The van der Waals surface area contributed by atoms with Gasteiger partial charge >= 0.3 is 0 Å². The van der Waals surface area contributed by atoms with E-state index in [9.17, 15) is 18.0 Å². The number of aryl methyl sites for hydroxylation is 1. The van der Waals surface area contributed by atoms with Gasteiger partial charge in [0.1, 0.15) is 18.3 Å². The number of halogens is 1. The van der Waals surface area contributed by atoms with Crippen molar-refractivity contribution in [2.75, 3.05) is 32.2 Å². The highest BCUT2D eigenvalue weighted by Gasteiger charge is 2.35. The molecule has 1 N–H and O–H groups in total. The third-order valence-corrected chi connectivity index (χ3v) is 9.44. The zero-order valence-electron chi connectivity index (χ0n) is 26.8. The van der Waals surface area contributed by atoms with Crippen LogP contribution in [0.2, 0.25) is 5.02 Å². The van der Waals surface area contributed by atoms with Gasteiger partial charge in [-0.25, -0.2) is 8.42 Å². The zero-order chi connectivity index (χ0) is 33.3. The molecule has 0 radical (unpaired) electrons. The Hall–Kier alpha value is -3.96. The molecule has 0 saturated carbocycles. The monoisotopic (exact) mass is 659 g/mol. The van der Waals surface area contributed by atoms with Crippen LogP contribution in [0.15, 0.2) is 65.6 Å². The van der Waals surface area contributed by atoms with Crippen molar-refractivity contribution in [3.05, 3.63) is 76.8 Å². The van der Waals surface area contributed by atoms with Gasteiger partial charge in [0.25, 0.3) is 10.0 Å². The van der Waals surface area contributed by atoms with Crippen LogP contribution in [-0.4, -0.2) is 65.1 Å². The maximum Gasteiger partial charge on any atom is 0.265 e. The van der Waals surface area contributed by atoms with Gasteiger partial charge in [0, 0.05) is 23.7 Å². The Kier molecular flexibility index (Phi) is 12.5. The minimum Gasteiger partial charge on any atom is -0.495 e. The smallest absolute Gasteiger partial charge is 0.265 e. The fourth-order valence-corrected chi connectivity index (χ4v) is 6.44. The normalized spacial score (nSPS) is 12.5. The number of rotatable bonds is 15. The van der Waals surface area contributed by atoms with Crippen LogP contribution in [0.5, 0.6) is 17.2 Å². The highest BCUT2D eigenvalue weighted by Crippen LogP contribution is 2.37. The standard InChI is InChI=1S/C33H42ClN3O7S/c1-8-23(4)35-33(39)27(9-2)36(20-24-12-10-11-22(3)17-24)32(38)21-37(28-18-25(34)13-15-29(28)42-5)45(40,41)26-14-16-30(43-6)31(19-26)44-7/h10-19,23,27H,8-9,20-21H2,1-7H3,(H,35,39)/t23-,27+/m1/s1. The van der Waals surface area contributed by atoms with Crippen LogP contribution in [0.25, 0.3) is 0 Å². The predicted octanol–water partition coefficient (Wildman–Crippen LogP) is 5.59. The van der Waals surface area contributed by atoms with Crippen molar-refractivity contribution in [2.45, 2.75) is 64.1 Å². The number of hydrogen-bond donors (Lipinski definition) is 1. The molecule has 0 aliphatic carbocycles. The summed E-state index contributed by atoms with van der Waals surface area (Å²) in [5.74, 6) is -0.196. The molecule has 10 nitrogen and oxygen atoms in total.